The largest absolute Gasteiger partial charge is 0.304 e. The summed E-state index contributed by atoms with van der Waals surface area (Å²) in [7, 11) is 0. The van der Waals surface area contributed by atoms with Crippen LogP contribution in [0.1, 0.15) is 41.4 Å². The highest BCUT2D eigenvalue weighted by Crippen LogP contribution is 2.39. The quantitative estimate of drug-likeness (QED) is 0.263. The van der Waals surface area contributed by atoms with Crippen molar-refractivity contribution < 1.29 is 4.92 Å². The van der Waals surface area contributed by atoms with E-state index in [0.29, 0.717) is 11.6 Å². The first kappa shape index (κ1) is 20.9. The molecule has 3 aliphatic rings. The van der Waals surface area contributed by atoms with Gasteiger partial charge in [0.15, 0.2) is 0 Å². The number of benzene rings is 3. The summed E-state index contributed by atoms with van der Waals surface area (Å²) in [6.07, 6.45) is 13.5. The molecule has 0 fully saturated rings. The lowest BCUT2D eigenvalue weighted by Gasteiger charge is -2.24. The Bertz CT molecular complexity index is 1710. The molecule has 0 saturated heterocycles. The molecule has 0 spiro atoms. The van der Waals surface area contributed by atoms with Crippen molar-refractivity contribution in [1.82, 2.24) is 4.57 Å². The standard InChI is InChI=1S/C32H24N2O2/c35-34(36)28-11-5-4-10-27(28)33-29-12-6-9-24-17-18-25-19-26(20-30(33)32(25)31(24)29)23-15-13-22(14-16-23)21-7-2-1-3-8-21/h1-5,7-8,10-20,24,26H,6,9H2. The lowest BCUT2D eigenvalue weighted by Crippen LogP contribution is -2.29. The average Bonchev–Trinajstić information content (AvgIpc) is 3.27. The second kappa shape index (κ2) is 8.06. The van der Waals surface area contributed by atoms with Gasteiger partial charge < -0.3 is 4.57 Å². The molecule has 0 aliphatic heterocycles. The summed E-state index contributed by atoms with van der Waals surface area (Å²) in [5.74, 6) is 0.436. The number of nitro benzene ring substituents is 1. The summed E-state index contributed by atoms with van der Waals surface area (Å²) < 4.78 is 2.14. The van der Waals surface area contributed by atoms with Gasteiger partial charge in [0.1, 0.15) is 5.69 Å². The Labute approximate surface area is 209 Å². The summed E-state index contributed by atoms with van der Waals surface area (Å²) in [6, 6.07) is 26.3. The summed E-state index contributed by atoms with van der Waals surface area (Å²) in [6.45, 7) is 0. The maximum Gasteiger partial charge on any atom is 0.293 e. The Morgan fingerprint density at radius 1 is 0.833 bits per heavy atom. The number of hydrogen-bond acceptors (Lipinski definition) is 2. The van der Waals surface area contributed by atoms with Crippen molar-refractivity contribution >= 4 is 23.4 Å². The van der Waals surface area contributed by atoms with Gasteiger partial charge in [-0.15, -0.1) is 0 Å². The molecule has 7 rings (SSSR count). The van der Waals surface area contributed by atoms with Gasteiger partial charge in [-0.05, 0) is 52.8 Å². The average molecular weight is 469 g/mol. The first-order chi connectivity index (χ1) is 17.7. The highest BCUT2D eigenvalue weighted by atomic mass is 16.6. The summed E-state index contributed by atoms with van der Waals surface area (Å²) in [4.78, 5) is 11.7. The van der Waals surface area contributed by atoms with E-state index < -0.39 is 0 Å². The van der Waals surface area contributed by atoms with E-state index in [1.165, 1.54) is 33.4 Å². The maximum absolute atomic E-state index is 12.0. The lowest BCUT2D eigenvalue weighted by molar-refractivity contribution is -0.384. The van der Waals surface area contributed by atoms with Crippen LogP contribution in [0.25, 0.3) is 34.5 Å². The zero-order valence-electron chi connectivity index (χ0n) is 19.7. The number of hydrogen-bond donors (Lipinski definition) is 0. The fourth-order valence-electron chi connectivity index (χ4n) is 6.04. The van der Waals surface area contributed by atoms with Gasteiger partial charge in [0.05, 0.1) is 10.3 Å². The first-order valence-electron chi connectivity index (χ1n) is 12.5. The molecule has 2 atom stereocenters. The van der Waals surface area contributed by atoms with E-state index in [4.69, 9.17) is 0 Å². The number of nitro groups is 1. The molecule has 1 aromatic heterocycles. The second-order valence-corrected chi connectivity index (χ2v) is 9.69. The van der Waals surface area contributed by atoms with E-state index in [1.54, 1.807) is 12.1 Å². The normalized spacial score (nSPS) is 19.1. The predicted octanol–water partition coefficient (Wildman–Crippen LogP) is 6.24. The first-order valence-corrected chi connectivity index (χ1v) is 12.5. The van der Waals surface area contributed by atoms with Crippen molar-refractivity contribution in [3.05, 3.63) is 135 Å². The minimum atomic E-state index is -0.272. The number of para-hydroxylation sites is 2. The Morgan fingerprint density at radius 3 is 2.39 bits per heavy atom. The molecular weight excluding hydrogens is 444 g/mol. The van der Waals surface area contributed by atoms with Crippen LogP contribution in [0, 0.1) is 10.1 Å². The molecule has 1 heterocycles. The zero-order chi connectivity index (χ0) is 24.2. The molecule has 3 aromatic carbocycles. The van der Waals surface area contributed by atoms with E-state index in [9.17, 15) is 10.1 Å². The van der Waals surface area contributed by atoms with E-state index in [0.717, 1.165) is 23.5 Å². The molecule has 4 heteroatoms. The van der Waals surface area contributed by atoms with Gasteiger partial charge in [-0.2, -0.15) is 0 Å². The molecule has 174 valence electrons. The summed E-state index contributed by atoms with van der Waals surface area (Å²) in [5.41, 5.74) is 8.14. The van der Waals surface area contributed by atoms with Crippen molar-refractivity contribution in [3.8, 4) is 16.8 Å². The Kier molecular flexibility index (Phi) is 4.68. The molecule has 0 bridgehead atoms. The van der Waals surface area contributed by atoms with Gasteiger partial charge in [-0.25, -0.2) is 0 Å². The summed E-state index contributed by atoms with van der Waals surface area (Å²) in [5, 5.41) is 14.2. The van der Waals surface area contributed by atoms with Crippen molar-refractivity contribution in [1.29, 1.82) is 0 Å². The molecule has 3 aliphatic carbocycles. The molecule has 4 aromatic rings. The van der Waals surface area contributed by atoms with Crippen LogP contribution in [0.5, 0.6) is 0 Å². The highest BCUT2D eigenvalue weighted by molar-refractivity contribution is 5.85. The molecule has 0 saturated carbocycles. The van der Waals surface area contributed by atoms with E-state index in [2.05, 4.69) is 83.5 Å². The fourth-order valence-corrected chi connectivity index (χ4v) is 6.04. The number of nitrogens with zero attached hydrogens (tertiary/aromatic N) is 2. The monoisotopic (exact) mass is 468 g/mol. The van der Waals surface area contributed by atoms with Gasteiger partial charge in [-0.3, -0.25) is 10.1 Å². The Morgan fingerprint density at radius 2 is 1.58 bits per heavy atom. The fraction of sp³-hybridized carbons (Fsp3) is 0.125. The number of aromatic nitrogens is 1. The van der Waals surface area contributed by atoms with Crippen LogP contribution in [0.4, 0.5) is 5.69 Å². The van der Waals surface area contributed by atoms with Gasteiger partial charge in [0.2, 0.25) is 0 Å². The van der Waals surface area contributed by atoms with Crippen LogP contribution in [0.2, 0.25) is 0 Å². The van der Waals surface area contributed by atoms with Crippen LogP contribution in [0.15, 0.2) is 97.1 Å². The van der Waals surface area contributed by atoms with Gasteiger partial charge in [0.25, 0.3) is 5.69 Å². The lowest BCUT2D eigenvalue weighted by atomic mass is 9.79. The van der Waals surface area contributed by atoms with Crippen LogP contribution in [-0.2, 0) is 0 Å². The molecule has 4 nitrogen and oxygen atoms in total. The molecular formula is C32H24N2O2. The predicted molar refractivity (Wildman–Crippen MR) is 144 cm³/mol. The van der Waals surface area contributed by atoms with Crippen LogP contribution in [0.3, 0.4) is 0 Å². The zero-order valence-corrected chi connectivity index (χ0v) is 19.7. The van der Waals surface area contributed by atoms with E-state index in [1.807, 2.05) is 18.2 Å². The van der Waals surface area contributed by atoms with Crippen molar-refractivity contribution in [3.63, 3.8) is 0 Å². The van der Waals surface area contributed by atoms with E-state index in [-0.39, 0.29) is 16.5 Å². The van der Waals surface area contributed by atoms with Crippen molar-refractivity contribution in [2.45, 2.75) is 24.7 Å². The topological polar surface area (TPSA) is 48.1 Å². The van der Waals surface area contributed by atoms with Gasteiger partial charge in [0, 0.05) is 28.8 Å². The Hall–Kier alpha value is -4.44. The molecule has 36 heavy (non-hydrogen) atoms. The summed E-state index contributed by atoms with van der Waals surface area (Å²) >= 11 is 0. The van der Waals surface area contributed by atoms with Crippen LogP contribution >= 0.6 is 0 Å². The van der Waals surface area contributed by atoms with Crippen molar-refractivity contribution in [2.75, 3.05) is 0 Å². The molecule has 0 amide bonds. The van der Waals surface area contributed by atoms with Gasteiger partial charge >= 0.3 is 0 Å². The SMILES string of the molecule is O=[N+]([O-])c1ccccc1-n1c2c3c4c1=CCCC4C=CC3=CC(c1ccc(-c3ccccc3)cc1)C=2. The Balaban J connectivity index is 1.44. The third-order valence-electron chi connectivity index (χ3n) is 7.68. The molecule has 0 N–H and O–H groups in total. The maximum atomic E-state index is 12.0. The van der Waals surface area contributed by atoms with E-state index >= 15 is 0 Å². The molecule has 0 radical (unpaired) electrons. The van der Waals surface area contributed by atoms with Gasteiger partial charge in [-0.1, -0.05) is 91.0 Å². The smallest absolute Gasteiger partial charge is 0.293 e. The minimum absolute atomic E-state index is 0.0800. The minimum Gasteiger partial charge on any atom is -0.304 e. The third-order valence-corrected chi connectivity index (χ3v) is 7.68. The third kappa shape index (κ3) is 3.14. The highest BCUT2D eigenvalue weighted by Gasteiger charge is 2.31. The van der Waals surface area contributed by atoms with Crippen LogP contribution in [-0.4, -0.2) is 9.49 Å². The van der Waals surface area contributed by atoms with Crippen LogP contribution < -0.4 is 10.7 Å². The number of rotatable bonds is 4. The second-order valence-electron chi connectivity index (χ2n) is 9.69. The number of allylic oxidation sites excluding steroid dienone is 4. The molecule has 2 unspecified atom stereocenters. The van der Waals surface area contributed by atoms with Crippen molar-refractivity contribution in [2.24, 2.45) is 0 Å².